The quantitative estimate of drug-likeness (QED) is 0.0502. The number of oxime groups is 2. The van der Waals surface area contributed by atoms with Crippen LogP contribution in [0.3, 0.4) is 0 Å². The number of aromatic nitrogens is 1. The molecule has 4 N–H and O–H groups in total. The third-order valence-corrected chi connectivity index (χ3v) is 4.78. The summed E-state index contributed by atoms with van der Waals surface area (Å²) < 4.78 is 0. The zero-order chi connectivity index (χ0) is 28.7. The number of pyridine rings is 1. The van der Waals surface area contributed by atoms with Crippen LogP contribution in [0.2, 0.25) is 0 Å². The molecule has 0 amide bonds. The number of hydroxylamine groups is 1. The van der Waals surface area contributed by atoms with Gasteiger partial charge in [0.1, 0.15) is 17.1 Å². The molecule has 1 heterocycles. The van der Waals surface area contributed by atoms with Crippen LogP contribution in [0, 0.1) is 11.8 Å². The molecule has 1 radical (unpaired) electrons. The predicted molar refractivity (Wildman–Crippen MR) is 155 cm³/mol. The van der Waals surface area contributed by atoms with Crippen LogP contribution in [0.15, 0.2) is 137 Å². The third kappa shape index (κ3) is 14.2. The summed E-state index contributed by atoms with van der Waals surface area (Å²) in [7, 11) is 0. The van der Waals surface area contributed by atoms with Gasteiger partial charge < -0.3 is 10.4 Å². The molecular weight excluding hydrogens is 553 g/mol. The molecule has 0 aliphatic heterocycles. The molecule has 0 aliphatic rings. The smallest absolute Gasteiger partial charge is 0.141 e. The molecule has 40 heavy (non-hydrogen) atoms. The molecule has 0 fully saturated rings. The van der Waals surface area contributed by atoms with Crippen LogP contribution in [0.25, 0.3) is 11.4 Å². The van der Waals surface area contributed by atoms with Gasteiger partial charge in [-0.05, 0) is 31.2 Å². The number of hydrogen-bond donors (Lipinski definition) is 4. The van der Waals surface area contributed by atoms with E-state index in [0.29, 0.717) is 22.6 Å². The summed E-state index contributed by atoms with van der Waals surface area (Å²) in [5.41, 5.74) is 5.55. The summed E-state index contributed by atoms with van der Waals surface area (Å²) >= 11 is 0. The molecule has 3 aromatic carbocycles. The van der Waals surface area contributed by atoms with Crippen molar-refractivity contribution in [1.29, 1.82) is 0 Å². The van der Waals surface area contributed by atoms with Crippen molar-refractivity contribution in [1.82, 2.24) is 10.5 Å². The van der Waals surface area contributed by atoms with Crippen LogP contribution in [-0.2, 0) is 16.8 Å². The third-order valence-electron chi connectivity index (χ3n) is 4.78. The zero-order valence-corrected chi connectivity index (χ0v) is 23.2. The zero-order valence-electron chi connectivity index (χ0n) is 22.1. The fourth-order valence-electron chi connectivity index (χ4n) is 2.63. The second-order valence-electron chi connectivity index (χ2n) is 7.54. The molecule has 0 saturated carbocycles. The predicted octanol–water partition coefficient (Wildman–Crippen LogP) is 6.89. The van der Waals surface area contributed by atoms with Gasteiger partial charge in [0, 0.05) is 40.3 Å². The van der Waals surface area contributed by atoms with Gasteiger partial charge in [0.05, 0.1) is 5.70 Å². The van der Waals surface area contributed by atoms with Crippen LogP contribution in [0.4, 0.5) is 0 Å². The first-order valence-electron chi connectivity index (χ1n) is 11.7. The molecule has 0 atom stereocenters. The number of nitrogens with one attached hydrogen (secondary N) is 1. The van der Waals surface area contributed by atoms with Gasteiger partial charge in [-0.25, -0.2) is 0 Å². The number of nitroso groups, excluding NO2 is 1. The summed E-state index contributed by atoms with van der Waals surface area (Å²) in [6.07, 6.45) is 3.50. The SMILES string of the molecule is CC(=N/O)/C(C)=N/O.O=N/C(=C(\NO)c1ccccc1)c1ccccc1.[CH2-]c1ccccc1.[Co].c1ccncc1. The fraction of sp³-hybridized carbons (Fsp3) is 0.0667. The first-order chi connectivity index (χ1) is 19.0. The molecule has 4 rings (SSSR count). The maximum absolute atomic E-state index is 11.0. The van der Waals surface area contributed by atoms with Crippen molar-refractivity contribution in [2.75, 3.05) is 0 Å². The van der Waals surface area contributed by atoms with Crippen molar-refractivity contribution < 1.29 is 32.4 Å². The van der Waals surface area contributed by atoms with Crippen molar-refractivity contribution in [3.05, 3.63) is 150 Å². The largest absolute Gasteiger partial charge is 0.411 e. The van der Waals surface area contributed by atoms with E-state index in [1.807, 2.05) is 72.8 Å². The van der Waals surface area contributed by atoms with Crippen molar-refractivity contribution in [2.24, 2.45) is 15.5 Å². The van der Waals surface area contributed by atoms with Gasteiger partial charge >= 0.3 is 0 Å². The molecule has 211 valence electrons. The fourth-order valence-corrected chi connectivity index (χ4v) is 2.63. The Balaban J connectivity index is 0.000000574. The molecule has 4 aromatic rings. The van der Waals surface area contributed by atoms with E-state index < -0.39 is 0 Å². The van der Waals surface area contributed by atoms with Crippen molar-refractivity contribution in [3.8, 4) is 0 Å². The Morgan fingerprint density at radius 1 is 0.700 bits per heavy atom. The van der Waals surface area contributed by atoms with Gasteiger partial charge in [0.2, 0.25) is 0 Å². The Bertz CT molecular complexity index is 1250. The average molecular weight is 586 g/mol. The Labute approximate surface area is 244 Å². The molecule has 9 nitrogen and oxygen atoms in total. The van der Waals surface area contributed by atoms with Crippen LogP contribution >= 0.6 is 0 Å². The average Bonchev–Trinajstić information content (AvgIpc) is 3.02. The minimum Gasteiger partial charge on any atom is -0.411 e. The van der Waals surface area contributed by atoms with Crippen molar-refractivity contribution in [2.45, 2.75) is 13.8 Å². The normalized spacial score (nSPS) is 10.8. The summed E-state index contributed by atoms with van der Waals surface area (Å²) in [5, 5.41) is 33.9. The van der Waals surface area contributed by atoms with Crippen LogP contribution in [0.1, 0.15) is 30.5 Å². The topological polar surface area (TPSA) is 140 Å². The molecular formula is C30H32CoN5O4-. The van der Waals surface area contributed by atoms with Gasteiger partial charge in [-0.1, -0.05) is 83.1 Å². The van der Waals surface area contributed by atoms with Crippen LogP contribution in [-0.4, -0.2) is 32.0 Å². The molecule has 1 aromatic heterocycles. The number of hydrogen-bond acceptors (Lipinski definition) is 9. The standard InChI is InChI=1S/C14H12N2O2.C7H7.C5H5N.C4H8N2O2.Co/c17-15-13(11-7-3-1-4-8-11)14(16-18)12-9-5-2-6-10-12;1-7-5-3-2-4-6-7;1-2-4-6-5-3-1;1-3(5-7)4(2)6-8;/h1-10,15,17H;2-6H,1H2;1-5H;7-8H,1-2H3;/q;-1;;;/b14-13-;;;5-3-,6-4+;. The first kappa shape index (κ1) is 35.2. The number of benzene rings is 3. The molecule has 0 aliphatic carbocycles. The van der Waals surface area contributed by atoms with Gasteiger partial charge in [0.15, 0.2) is 0 Å². The molecule has 0 saturated heterocycles. The summed E-state index contributed by atoms with van der Waals surface area (Å²) in [4.78, 5) is 14.8. The number of nitrogens with zero attached hydrogens (tertiary/aromatic N) is 4. The Kier molecular flexibility index (Phi) is 19.6. The summed E-state index contributed by atoms with van der Waals surface area (Å²) in [5.74, 6) is 0. The summed E-state index contributed by atoms with van der Waals surface area (Å²) in [6, 6.07) is 33.6. The van der Waals surface area contributed by atoms with Crippen molar-refractivity contribution >= 4 is 22.8 Å². The minimum atomic E-state index is 0. The van der Waals surface area contributed by atoms with E-state index in [1.54, 1.807) is 48.8 Å². The monoisotopic (exact) mass is 585 g/mol. The Hall–Kier alpha value is -4.77. The van der Waals surface area contributed by atoms with Crippen LogP contribution in [0.5, 0.6) is 0 Å². The second-order valence-corrected chi connectivity index (χ2v) is 7.54. The van der Waals surface area contributed by atoms with Gasteiger partial charge in [-0.3, -0.25) is 15.7 Å². The maximum atomic E-state index is 11.0. The van der Waals surface area contributed by atoms with E-state index in [-0.39, 0.29) is 28.2 Å². The van der Waals surface area contributed by atoms with E-state index in [4.69, 9.17) is 10.4 Å². The Morgan fingerprint density at radius 2 is 1.10 bits per heavy atom. The van der Waals surface area contributed by atoms with Crippen molar-refractivity contribution in [3.63, 3.8) is 0 Å². The molecule has 0 unspecified atom stereocenters. The van der Waals surface area contributed by atoms with Crippen LogP contribution < -0.4 is 5.48 Å². The first-order valence-corrected chi connectivity index (χ1v) is 11.7. The summed E-state index contributed by atoms with van der Waals surface area (Å²) in [6.45, 7) is 6.79. The van der Waals surface area contributed by atoms with Gasteiger partial charge in [-0.2, -0.15) is 24.6 Å². The second kappa shape index (κ2) is 22.2. The van der Waals surface area contributed by atoms with E-state index >= 15 is 0 Å². The maximum Gasteiger partial charge on any atom is 0.141 e. The number of rotatable bonds is 5. The van der Waals surface area contributed by atoms with E-state index in [1.165, 1.54) is 13.8 Å². The Morgan fingerprint density at radius 3 is 1.38 bits per heavy atom. The molecule has 0 bridgehead atoms. The van der Waals surface area contributed by atoms with E-state index in [0.717, 1.165) is 5.56 Å². The van der Waals surface area contributed by atoms with Gasteiger partial charge in [-0.15, -0.1) is 17.0 Å². The van der Waals surface area contributed by atoms with E-state index in [9.17, 15) is 10.1 Å². The molecule has 0 spiro atoms. The molecule has 10 heteroatoms. The minimum absolute atomic E-state index is 0. The van der Waals surface area contributed by atoms with E-state index in [2.05, 4.69) is 32.9 Å². The van der Waals surface area contributed by atoms with Gasteiger partial charge in [0.25, 0.3) is 0 Å².